The molecule has 1 aromatic carbocycles. The van der Waals surface area contributed by atoms with Crippen LogP contribution in [0, 0.1) is 6.92 Å². The van der Waals surface area contributed by atoms with E-state index in [1.807, 2.05) is 6.07 Å². The molecule has 1 heterocycles. The first kappa shape index (κ1) is 17.9. The maximum absolute atomic E-state index is 11.9. The van der Waals surface area contributed by atoms with E-state index in [0.29, 0.717) is 18.0 Å². The van der Waals surface area contributed by atoms with Gasteiger partial charge in [-0.1, -0.05) is 18.3 Å². The Labute approximate surface area is 146 Å². The second-order valence-corrected chi connectivity index (χ2v) is 6.08. The Hall–Kier alpha value is -2.47. The van der Waals surface area contributed by atoms with Gasteiger partial charge in [0.1, 0.15) is 4.99 Å². The third kappa shape index (κ3) is 5.03. The van der Waals surface area contributed by atoms with Crippen LogP contribution in [0.5, 0.6) is 0 Å². The molecule has 0 saturated carbocycles. The van der Waals surface area contributed by atoms with Crippen molar-refractivity contribution in [3.8, 4) is 0 Å². The molecule has 0 atom stereocenters. The second-order valence-electron chi connectivity index (χ2n) is 5.64. The van der Waals surface area contributed by atoms with Crippen molar-refractivity contribution in [3.05, 3.63) is 64.1 Å². The average molecular weight is 343 g/mol. The lowest BCUT2D eigenvalue weighted by Gasteiger charge is -2.08. The van der Waals surface area contributed by atoms with Crippen LogP contribution >= 0.6 is 12.2 Å². The topological polar surface area (TPSA) is 77.1 Å². The molecule has 5 nitrogen and oxygen atoms in total. The summed E-state index contributed by atoms with van der Waals surface area (Å²) >= 11 is 4.89. The summed E-state index contributed by atoms with van der Waals surface area (Å²) in [6.07, 6.45) is 3.69. The number of benzene rings is 1. The van der Waals surface area contributed by atoms with E-state index in [9.17, 15) is 9.59 Å². The fourth-order valence-electron chi connectivity index (χ4n) is 2.34. The van der Waals surface area contributed by atoms with E-state index in [0.717, 1.165) is 29.7 Å². The van der Waals surface area contributed by atoms with Crippen molar-refractivity contribution >= 4 is 28.8 Å². The number of hydrogen-bond acceptors (Lipinski definition) is 3. The molecule has 1 aromatic heterocycles. The van der Waals surface area contributed by atoms with E-state index in [-0.39, 0.29) is 11.5 Å². The molecule has 24 heavy (non-hydrogen) atoms. The Morgan fingerprint density at radius 1 is 1.21 bits per heavy atom. The van der Waals surface area contributed by atoms with Crippen LogP contribution in [-0.2, 0) is 11.3 Å². The molecule has 0 aliphatic rings. The average Bonchev–Trinajstić information content (AvgIpc) is 2.55. The molecule has 3 N–H and O–H groups in total. The highest BCUT2D eigenvalue weighted by Crippen LogP contribution is 2.10. The van der Waals surface area contributed by atoms with Crippen LogP contribution in [0.15, 0.2) is 47.4 Å². The molecular weight excluding hydrogens is 322 g/mol. The van der Waals surface area contributed by atoms with Gasteiger partial charge < -0.3 is 15.6 Å². The monoisotopic (exact) mass is 343 g/mol. The maximum Gasteiger partial charge on any atom is 0.253 e. The summed E-state index contributed by atoms with van der Waals surface area (Å²) < 4.78 is 1.68. The van der Waals surface area contributed by atoms with Crippen LogP contribution < -0.4 is 16.6 Å². The van der Waals surface area contributed by atoms with E-state index < -0.39 is 0 Å². The molecule has 0 bridgehead atoms. The standard InChI is InChI=1S/C18H21N3O2S/c1-13-5-4-12-21(18(13)23)11-3-2-6-16(22)20-15-9-7-14(8-10-15)17(19)24/h4-5,7-10,12H,2-3,6,11H2,1H3,(H2,19,24)(H,20,22). The molecule has 6 heteroatoms. The summed E-state index contributed by atoms with van der Waals surface area (Å²) in [6, 6.07) is 10.8. The number of nitrogens with one attached hydrogen (secondary N) is 1. The molecule has 0 spiro atoms. The normalized spacial score (nSPS) is 10.4. The van der Waals surface area contributed by atoms with Gasteiger partial charge in [0.25, 0.3) is 5.56 Å². The molecule has 0 aliphatic carbocycles. The molecule has 2 rings (SSSR count). The van der Waals surface area contributed by atoms with E-state index in [1.54, 1.807) is 48.0 Å². The lowest BCUT2D eigenvalue weighted by Crippen LogP contribution is -2.21. The fourth-order valence-corrected chi connectivity index (χ4v) is 2.48. The summed E-state index contributed by atoms with van der Waals surface area (Å²) in [5, 5.41) is 2.84. The summed E-state index contributed by atoms with van der Waals surface area (Å²) in [4.78, 5) is 24.1. The smallest absolute Gasteiger partial charge is 0.253 e. The van der Waals surface area contributed by atoms with Crippen LogP contribution in [0.2, 0.25) is 0 Å². The van der Waals surface area contributed by atoms with Crippen molar-refractivity contribution in [3.63, 3.8) is 0 Å². The van der Waals surface area contributed by atoms with Crippen LogP contribution in [-0.4, -0.2) is 15.5 Å². The minimum Gasteiger partial charge on any atom is -0.389 e. The van der Waals surface area contributed by atoms with Gasteiger partial charge in [-0.15, -0.1) is 0 Å². The number of rotatable bonds is 7. The number of thiocarbonyl (C=S) groups is 1. The molecule has 1 amide bonds. The molecule has 0 unspecified atom stereocenters. The molecule has 126 valence electrons. The van der Waals surface area contributed by atoms with Crippen LogP contribution in [0.1, 0.15) is 30.4 Å². The van der Waals surface area contributed by atoms with Crippen LogP contribution in [0.25, 0.3) is 0 Å². The van der Waals surface area contributed by atoms with Crippen molar-refractivity contribution < 1.29 is 4.79 Å². The Kier molecular flexibility index (Phi) is 6.26. The number of hydrogen-bond donors (Lipinski definition) is 2. The van der Waals surface area contributed by atoms with Gasteiger partial charge in [0, 0.05) is 36.0 Å². The van der Waals surface area contributed by atoms with Gasteiger partial charge in [0.05, 0.1) is 0 Å². The van der Waals surface area contributed by atoms with Crippen LogP contribution in [0.3, 0.4) is 0 Å². The fraction of sp³-hybridized carbons (Fsp3) is 0.278. The van der Waals surface area contributed by atoms with Crippen LogP contribution in [0.4, 0.5) is 5.69 Å². The first-order chi connectivity index (χ1) is 11.5. The first-order valence-electron chi connectivity index (χ1n) is 7.83. The van der Waals surface area contributed by atoms with Gasteiger partial charge >= 0.3 is 0 Å². The van der Waals surface area contributed by atoms with Crippen molar-refractivity contribution in [1.82, 2.24) is 4.57 Å². The van der Waals surface area contributed by atoms with E-state index in [1.165, 1.54) is 0 Å². The Balaban J connectivity index is 1.76. The number of amides is 1. The van der Waals surface area contributed by atoms with E-state index in [2.05, 4.69) is 5.32 Å². The number of pyridine rings is 1. The van der Waals surface area contributed by atoms with Crippen molar-refractivity contribution in [1.29, 1.82) is 0 Å². The summed E-state index contributed by atoms with van der Waals surface area (Å²) in [5.41, 5.74) is 7.78. The number of carbonyl (C=O) groups excluding carboxylic acids is 1. The molecule has 0 saturated heterocycles. The number of unbranched alkanes of at least 4 members (excludes halogenated alkanes) is 1. The van der Waals surface area contributed by atoms with Gasteiger partial charge in [0.15, 0.2) is 0 Å². The second kappa shape index (κ2) is 8.40. The van der Waals surface area contributed by atoms with Gasteiger partial charge in [0.2, 0.25) is 5.91 Å². The number of anilines is 1. The molecule has 0 aliphatic heterocycles. The predicted molar refractivity (Wildman–Crippen MR) is 100 cm³/mol. The first-order valence-corrected chi connectivity index (χ1v) is 8.24. The largest absolute Gasteiger partial charge is 0.389 e. The molecular formula is C18H21N3O2S. The van der Waals surface area contributed by atoms with Gasteiger partial charge in [-0.05, 0) is 50.1 Å². The zero-order valence-electron chi connectivity index (χ0n) is 13.6. The lowest BCUT2D eigenvalue weighted by atomic mass is 10.2. The van der Waals surface area contributed by atoms with Crippen molar-refractivity contribution in [2.75, 3.05) is 5.32 Å². The lowest BCUT2D eigenvalue weighted by molar-refractivity contribution is -0.116. The summed E-state index contributed by atoms with van der Waals surface area (Å²) in [7, 11) is 0. The predicted octanol–water partition coefficient (Wildman–Crippen LogP) is 2.60. The summed E-state index contributed by atoms with van der Waals surface area (Å²) in [5.74, 6) is -0.0466. The highest BCUT2D eigenvalue weighted by molar-refractivity contribution is 7.80. The summed E-state index contributed by atoms with van der Waals surface area (Å²) in [6.45, 7) is 2.42. The van der Waals surface area contributed by atoms with Crippen molar-refractivity contribution in [2.24, 2.45) is 5.73 Å². The molecule has 0 radical (unpaired) electrons. The molecule has 0 fully saturated rings. The number of aryl methyl sites for hydroxylation is 2. The van der Waals surface area contributed by atoms with Crippen molar-refractivity contribution in [2.45, 2.75) is 32.7 Å². The van der Waals surface area contributed by atoms with Gasteiger partial charge in [-0.3, -0.25) is 9.59 Å². The number of nitrogens with two attached hydrogens (primary N) is 1. The zero-order chi connectivity index (χ0) is 17.5. The van der Waals surface area contributed by atoms with Gasteiger partial charge in [-0.25, -0.2) is 0 Å². The number of nitrogens with zero attached hydrogens (tertiary/aromatic N) is 1. The Morgan fingerprint density at radius 2 is 1.92 bits per heavy atom. The number of aromatic nitrogens is 1. The highest BCUT2D eigenvalue weighted by Gasteiger charge is 2.04. The van der Waals surface area contributed by atoms with E-state index in [4.69, 9.17) is 18.0 Å². The van der Waals surface area contributed by atoms with Gasteiger partial charge in [-0.2, -0.15) is 0 Å². The van der Waals surface area contributed by atoms with E-state index >= 15 is 0 Å². The Bertz CT molecular complexity index is 782. The highest BCUT2D eigenvalue weighted by atomic mass is 32.1. The third-order valence-electron chi connectivity index (χ3n) is 3.72. The third-order valence-corrected chi connectivity index (χ3v) is 3.95. The minimum absolute atomic E-state index is 0.0276. The molecule has 2 aromatic rings. The zero-order valence-corrected chi connectivity index (χ0v) is 14.4. The number of carbonyl (C=O) groups is 1. The minimum atomic E-state index is -0.0466. The Morgan fingerprint density at radius 3 is 2.58 bits per heavy atom. The quantitative estimate of drug-likeness (QED) is 0.598. The maximum atomic E-state index is 11.9. The SMILES string of the molecule is Cc1cccn(CCCCC(=O)Nc2ccc(C(N)=S)cc2)c1=O.